The van der Waals surface area contributed by atoms with Crippen molar-refractivity contribution in [2.45, 2.75) is 18.7 Å². The highest BCUT2D eigenvalue weighted by Crippen LogP contribution is 2.32. The number of carbonyl (C=O) groups is 1. The van der Waals surface area contributed by atoms with Gasteiger partial charge in [0.2, 0.25) is 6.10 Å². The van der Waals surface area contributed by atoms with Gasteiger partial charge in [-0.1, -0.05) is 6.58 Å². The number of hydrogen-bond donors (Lipinski definition) is 0. The monoisotopic (exact) mass is 166 g/mol. The summed E-state index contributed by atoms with van der Waals surface area (Å²) in [5.74, 6) is -0.952. The summed E-state index contributed by atoms with van der Waals surface area (Å²) >= 11 is 0. The Labute approximate surface area is 60.6 Å². The van der Waals surface area contributed by atoms with Gasteiger partial charge in [0, 0.05) is 12.0 Å². The molecule has 0 aromatic rings. The van der Waals surface area contributed by atoms with E-state index in [4.69, 9.17) is 0 Å². The molecule has 1 aliphatic heterocycles. The SMILES string of the molecule is C=C1CC(C(F)(F)F)OC1=O. The zero-order valence-electron chi connectivity index (χ0n) is 5.44. The molecule has 0 saturated carbocycles. The predicted octanol–water partition coefficient (Wildman–Crippen LogP) is 1.42. The zero-order valence-corrected chi connectivity index (χ0v) is 5.44. The summed E-state index contributed by atoms with van der Waals surface area (Å²) in [6.45, 7) is 3.12. The molecule has 0 N–H and O–H groups in total. The summed E-state index contributed by atoms with van der Waals surface area (Å²) in [6, 6.07) is 0. The minimum Gasteiger partial charge on any atom is -0.449 e. The number of alkyl halides is 3. The molecule has 0 bridgehead atoms. The van der Waals surface area contributed by atoms with Gasteiger partial charge in [0.1, 0.15) is 0 Å². The van der Waals surface area contributed by atoms with Gasteiger partial charge in [0.15, 0.2) is 0 Å². The first-order chi connectivity index (χ1) is 4.91. The molecule has 0 aromatic carbocycles. The fraction of sp³-hybridized carbons (Fsp3) is 0.500. The molecular formula is C6H5F3O2. The number of hydrogen-bond acceptors (Lipinski definition) is 2. The van der Waals surface area contributed by atoms with Gasteiger partial charge in [-0.3, -0.25) is 0 Å². The van der Waals surface area contributed by atoms with Crippen LogP contribution in [0.15, 0.2) is 12.2 Å². The van der Waals surface area contributed by atoms with E-state index in [1.807, 2.05) is 0 Å². The molecule has 0 aromatic heterocycles. The van der Waals surface area contributed by atoms with Crippen molar-refractivity contribution in [3.05, 3.63) is 12.2 Å². The molecule has 0 radical (unpaired) electrons. The van der Waals surface area contributed by atoms with E-state index in [2.05, 4.69) is 11.3 Å². The third kappa shape index (κ3) is 1.53. The second-order valence-corrected chi connectivity index (χ2v) is 2.24. The van der Waals surface area contributed by atoms with Crippen molar-refractivity contribution < 1.29 is 22.7 Å². The average molecular weight is 166 g/mol. The maximum absolute atomic E-state index is 11.8. The summed E-state index contributed by atoms with van der Waals surface area (Å²) in [5.41, 5.74) is -0.118. The van der Waals surface area contributed by atoms with Gasteiger partial charge >= 0.3 is 12.1 Å². The van der Waals surface area contributed by atoms with Crippen LogP contribution in [0.4, 0.5) is 13.2 Å². The van der Waals surface area contributed by atoms with Gasteiger partial charge in [0.05, 0.1) is 0 Å². The van der Waals surface area contributed by atoms with Crippen LogP contribution < -0.4 is 0 Å². The number of esters is 1. The Balaban J connectivity index is 2.68. The van der Waals surface area contributed by atoms with Crippen molar-refractivity contribution in [3.8, 4) is 0 Å². The minimum atomic E-state index is -4.46. The Kier molecular flexibility index (Phi) is 1.66. The molecule has 11 heavy (non-hydrogen) atoms. The third-order valence-electron chi connectivity index (χ3n) is 1.33. The molecule has 1 atom stereocenters. The number of ether oxygens (including phenoxy) is 1. The van der Waals surface area contributed by atoms with Crippen LogP contribution in [0.2, 0.25) is 0 Å². The first-order valence-electron chi connectivity index (χ1n) is 2.86. The first-order valence-corrected chi connectivity index (χ1v) is 2.86. The topological polar surface area (TPSA) is 26.3 Å². The maximum atomic E-state index is 11.8. The van der Waals surface area contributed by atoms with Crippen LogP contribution in [0.3, 0.4) is 0 Å². The fourth-order valence-electron chi connectivity index (χ4n) is 0.744. The first kappa shape index (κ1) is 8.10. The summed E-state index contributed by atoms with van der Waals surface area (Å²) in [7, 11) is 0. The van der Waals surface area contributed by atoms with Crippen LogP contribution in [0, 0.1) is 0 Å². The number of cyclic esters (lactones) is 1. The van der Waals surface area contributed by atoms with Crippen molar-refractivity contribution in [2.75, 3.05) is 0 Å². The Bertz CT molecular complexity index is 190. The van der Waals surface area contributed by atoms with Gasteiger partial charge in [-0.2, -0.15) is 13.2 Å². The van der Waals surface area contributed by atoms with Crippen molar-refractivity contribution >= 4 is 5.97 Å². The molecule has 1 saturated heterocycles. The van der Waals surface area contributed by atoms with Crippen LogP contribution in [0.5, 0.6) is 0 Å². The fourth-order valence-corrected chi connectivity index (χ4v) is 0.744. The lowest BCUT2D eigenvalue weighted by Crippen LogP contribution is -2.27. The van der Waals surface area contributed by atoms with Gasteiger partial charge in [-0.15, -0.1) is 0 Å². The Hall–Kier alpha value is -1.00. The smallest absolute Gasteiger partial charge is 0.425 e. The molecule has 5 heteroatoms. The van der Waals surface area contributed by atoms with Gasteiger partial charge in [0.25, 0.3) is 0 Å². The zero-order chi connectivity index (χ0) is 8.65. The lowest BCUT2D eigenvalue weighted by molar-refractivity contribution is -0.209. The van der Waals surface area contributed by atoms with Crippen molar-refractivity contribution in [3.63, 3.8) is 0 Å². The van der Waals surface area contributed by atoms with Crippen molar-refractivity contribution in [1.82, 2.24) is 0 Å². The number of rotatable bonds is 0. The summed E-state index contributed by atoms with van der Waals surface area (Å²) in [6.07, 6.45) is -6.89. The van der Waals surface area contributed by atoms with E-state index in [1.165, 1.54) is 0 Å². The number of carbonyl (C=O) groups excluding carboxylic acids is 1. The Morgan fingerprint density at radius 2 is 2.09 bits per heavy atom. The Morgan fingerprint density at radius 1 is 1.55 bits per heavy atom. The average Bonchev–Trinajstić information content (AvgIpc) is 2.11. The molecule has 0 spiro atoms. The van der Waals surface area contributed by atoms with E-state index in [-0.39, 0.29) is 5.57 Å². The molecule has 0 amide bonds. The molecule has 1 unspecified atom stereocenters. The molecular weight excluding hydrogens is 161 g/mol. The van der Waals surface area contributed by atoms with E-state index in [9.17, 15) is 18.0 Å². The maximum Gasteiger partial charge on any atom is 0.425 e. The highest BCUT2D eigenvalue weighted by atomic mass is 19.4. The molecule has 1 aliphatic rings. The normalized spacial score (nSPS) is 25.5. The second kappa shape index (κ2) is 2.25. The van der Waals surface area contributed by atoms with E-state index in [0.29, 0.717) is 0 Å². The predicted molar refractivity (Wildman–Crippen MR) is 29.7 cm³/mol. The lowest BCUT2D eigenvalue weighted by Gasteiger charge is -2.11. The molecule has 1 fully saturated rings. The Morgan fingerprint density at radius 3 is 2.27 bits per heavy atom. The summed E-state index contributed by atoms with van der Waals surface area (Å²) in [4.78, 5) is 10.4. The van der Waals surface area contributed by atoms with Gasteiger partial charge < -0.3 is 4.74 Å². The van der Waals surface area contributed by atoms with Gasteiger partial charge in [-0.25, -0.2) is 4.79 Å². The quantitative estimate of drug-likeness (QED) is 0.402. The molecule has 62 valence electrons. The van der Waals surface area contributed by atoms with Gasteiger partial charge in [-0.05, 0) is 0 Å². The van der Waals surface area contributed by atoms with Crippen LogP contribution in [0.1, 0.15) is 6.42 Å². The van der Waals surface area contributed by atoms with E-state index in [0.717, 1.165) is 0 Å². The van der Waals surface area contributed by atoms with Crippen LogP contribution >= 0.6 is 0 Å². The number of halogens is 3. The molecule has 1 heterocycles. The van der Waals surface area contributed by atoms with Crippen LogP contribution in [-0.4, -0.2) is 18.2 Å². The van der Waals surface area contributed by atoms with E-state index in [1.54, 1.807) is 0 Å². The van der Waals surface area contributed by atoms with Crippen LogP contribution in [0.25, 0.3) is 0 Å². The van der Waals surface area contributed by atoms with Crippen molar-refractivity contribution in [1.29, 1.82) is 0 Å². The van der Waals surface area contributed by atoms with Crippen molar-refractivity contribution in [2.24, 2.45) is 0 Å². The van der Waals surface area contributed by atoms with E-state index < -0.39 is 24.7 Å². The largest absolute Gasteiger partial charge is 0.449 e. The lowest BCUT2D eigenvalue weighted by atomic mass is 10.2. The highest BCUT2D eigenvalue weighted by Gasteiger charge is 2.47. The standard InChI is InChI=1S/C6H5F3O2/c1-3-2-4(6(7,8)9)11-5(3)10/h4H,1-2H2. The van der Waals surface area contributed by atoms with E-state index >= 15 is 0 Å². The molecule has 0 aliphatic carbocycles. The summed E-state index contributed by atoms with van der Waals surface area (Å²) < 4.78 is 39.3. The highest BCUT2D eigenvalue weighted by molar-refractivity contribution is 5.90. The summed E-state index contributed by atoms with van der Waals surface area (Å²) in [5, 5.41) is 0. The third-order valence-corrected chi connectivity index (χ3v) is 1.33. The molecule has 1 rings (SSSR count). The molecule has 2 nitrogen and oxygen atoms in total. The second-order valence-electron chi connectivity index (χ2n) is 2.24. The van der Waals surface area contributed by atoms with Crippen LogP contribution in [-0.2, 0) is 9.53 Å². The minimum absolute atomic E-state index is 0.118.